The van der Waals surface area contributed by atoms with E-state index in [1.165, 1.54) is 0 Å². The fraction of sp³-hybridized carbons (Fsp3) is 1.00. The van der Waals surface area contributed by atoms with Crippen molar-refractivity contribution < 1.29 is 9.47 Å². The van der Waals surface area contributed by atoms with E-state index in [-0.39, 0.29) is 11.9 Å². The van der Waals surface area contributed by atoms with Crippen LogP contribution in [0.4, 0.5) is 0 Å². The maximum Gasteiger partial charge on any atom is 0.158 e. The molecule has 0 aromatic rings. The molecule has 1 rings (SSSR count). The topological polar surface area (TPSA) is 18.5 Å². The van der Waals surface area contributed by atoms with Crippen LogP contribution in [-0.4, -0.2) is 18.5 Å². The van der Waals surface area contributed by atoms with Crippen LogP contribution in [0.3, 0.4) is 0 Å². The van der Waals surface area contributed by atoms with Gasteiger partial charge < -0.3 is 9.47 Å². The van der Waals surface area contributed by atoms with Crippen LogP contribution in [0.25, 0.3) is 0 Å². The predicted molar refractivity (Wildman–Crippen MR) is 44.4 cm³/mol. The zero-order valence-corrected chi connectivity index (χ0v) is 7.89. The average Bonchev–Trinajstić information content (AvgIpc) is 2.10. The van der Waals surface area contributed by atoms with E-state index in [4.69, 9.17) is 9.47 Å². The summed E-state index contributed by atoms with van der Waals surface area (Å²) in [6, 6.07) is 0. The first kappa shape index (κ1) is 9.01. The molecule has 0 bridgehead atoms. The predicted octanol–water partition coefficient (Wildman–Crippen LogP) is 2.18. The largest absolute Gasteiger partial charge is 0.352 e. The molecule has 0 amide bonds. The normalized spacial score (nSPS) is 32.7. The van der Waals surface area contributed by atoms with Crippen LogP contribution < -0.4 is 0 Å². The average molecular weight is 158 g/mol. The molecular weight excluding hydrogens is 140 g/mol. The standard InChI is InChI=1S/C9H18O2/c1-7-5-8(10-6-7)11-9(2,3)4/h7-8H,5-6H2,1-4H3/t7-,8+/m0/s1. The van der Waals surface area contributed by atoms with E-state index in [1.807, 2.05) is 0 Å². The van der Waals surface area contributed by atoms with Crippen LogP contribution >= 0.6 is 0 Å². The molecule has 11 heavy (non-hydrogen) atoms. The Hall–Kier alpha value is -0.0800. The molecule has 2 atom stereocenters. The number of ether oxygens (including phenoxy) is 2. The Kier molecular flexibility index (Phi) is 2.55. The molecule has 1 aliphatic heterocycles. The van der Waals surface area contributed by atoms with Crippen LogP contribution in [0.2, 0.25) is 0 Å². The number of hydrogen-bond donors (Lipinski definition) is 0. The Morgan fingerprint density at radius 2 is 2.00 bits per heavy atom. The summed E-state index contributed by atoms with van der Waals surface area (Å²) in [4.78, 5) is 0. The zero-order valence-electron chi connectivity index (χ0n) is 7.89. The fourth-order valence-corrected chi connectivity index (χ4v) is 1.21. The molecule has 0 unspecified atom stereocenters. The van der Waals surface area contributed by atoms with Gasteiger partial charge in [0.1, 0.15) is 0 Å². The lowest BCUT2D eigenvalue weighted by molar-refractivity contribution is -0.171. The molecule has 66 valence electrons. The zero-order chi connectivity index (χ0) is 8.48. The Morgan fingerprint density at radius 3 is 2.36 bits per heavy atom. The SMILES string of the molecule is C[C@@H]1CO[C@H](OC(C)(C)C)C1. The van der Waals surface area contributed by atoms with Crippen molar-refractivity contribution in [3.8, 4) is 0 Å². The molecule has 0 spiro atoms. The summed E-state index contributed by atoms with van der Waals surface area (Å²) >= 11 is 0. The molecule has 0 saturated carbocycles. The summed E-state index contributed by atoms with van der Waals surface area (Å²) < 4.78 is 11.1. The molecule has 0 aromatic heterocycles. The molecule has 1 heterocycles. The summed E-state index contributed by atoms with van der Waals surface area (Å²) in [6.45, 7) is 9.20. The second kappa shape index (κ2) is 3.11. The molecule has 0 N–H and O–H groups in total. The van der Waals surface area contributed by atoms with E-state index in [2.05, 4.69) is 27.7 Å². The van der Waals surface area contributed by atoms with Gasteiger partial charge in [-0.05, 0) is 26.7 Å². The van der Waals surface area contributed by atoms with Gasteiger partial charge in [-0.15, -0.1) is 0 Å². The third kappa shape index (κ3) is 3.21. The smallest absolute Gasteiger partial charge is 0.158 e. The molecule has 0 aromatic carbocycles. The van der Waals surface area contributed by atoms with Crippen molar-refractivity contribution >= 4 is 0 Å². The number of rotatable bonds is 1. The van der Waals surface area contributed by atoms with E-state index in [9.17, 15) is 0 Å². The Balaban J connectivity index is 2.29. The molecule has 1 saturated heterocycles. The maximum absolute atomic E-state index is 5.65. The van der Waals surface area contributed by atoms with Crippen molar-refractivity contribution in [1.29, 1.82) is 0 Å². The Labute approximate surface area is 68.9 Å². The molecule has 1 aliphatic rings. The van der Waals surface area contributed by atoms with Crippen LogP contribution in [0.15, 0.2) is 0 Å². The van der Waals surface area contributed by atoms with E-state index in [0.29, 0.717) is 5.92 Å². The van der Waals surface area contributed by atoms with Crippen molar-refractivity contribution in [1.82, 2.24) is 0 Å². The van der Waals surface area contributed by atoms with E-state index in [1.54, 1.807) is 0 Å². The van der Waals surface area contributed by atoms with Crippen LogP contribution in [0, 0.1) is 5.92 Å². The summed E-state index contributed by atoms with van der Waals surface area (Å²) in [5, 5.41) is 0. The van der Waals surface area contributed by atoms with Gasteiger partial charge >= 0.3 is 0 Å². The summed E-state index contributed by atoms with van der Waals surface area (Å²) in [7, 11) is 0. The highest BCUT2D eigenvalue weighted by atomic mass is 16.7. The highest BCUT2D eigenvalue weighted by Crippen LogP contribution is 2.23. The summed E-state index contributed by atoms with van der Waals surface area (Å²) in [5.41, 5.74) is -0.0747. The molecule has 0 aliphatic carbocycles. The fourth-order valence-electron chi connectivity index (χ4n) is 1.21. The highest BCUT2D eigenvalue weighted by molar-refractivity contribution is 4.67. The lowest BCUT2D eigenvalue weighted by atomic mass is 10.1. The second-order valence-corrected chi connectivity index (χ2v) is 4.33. The highest BCUT2D eigenvalue weighted by Gasteiger charge is 2.26. The van der Waals surface area contributed by atoms with E-state index >= 15 is 0 Å². The summed E-state index contributed by atoms with van der Waals surface area (Å²) in [6.07, 6.45) is 1.07. The Morgan fingerprint density at radius 1 is 1.36 bits per heavy atom. The van der Waals surface area contributed by atoms with Crippen LogP contribution in [0.5, 0.6) is 0 Å². The van der Waals surface area contributed by atoms with Crippen molar-refractivity contribution in [2.24, 2.45) is 5.92 Å². The van der Waals surface area contributed by atoms with Crippen molar-refractivity contribution in [2.75, 3.05) is 6.61 Å². The molecule has 0 radical (unpaired) electrons. The van der Waals surface area contributed by atoms with Crippen molar-refractivity contribution in [3.05, 3.63) is 0 Å². The summed E-state index contributed by atoms with van der Waals surface area (Å²) in [5.74, 6) is 0.655. The van der Waals surface area contributed by atoms with Gasteiger partial charge in [0.15, 0.2) is 6.29 Å². The van der Waals surface area contributed by atoms with Gasteiger partial charge in [-0.3, -0.25) is 0 Å². The first-order chi connectivity index (χ1) is 4.97. The molecule has 2 heteroatoms. The monoisotopic (exact) mass is 158 g/mol. The van der Waals surface area contributed by atoms with Crippen molar-refractivity contribution in [2.45, 2.75) is 46.0 Å². The van der Waals surface area contributed by atoms with Gasteiger partial charge in [0.2, 0.25) is 0 Å². The van der Waals surface area contributed by atoms with Gasteiger partial charge in [-0.1, -0.05) is 6.92 Å². The maximum atomic E-state index is 5.65. The van der Waals surface area contributed by atoms with Gasteiger partial charge in [0.25, 0.3) is 0 Å². The minimum Gasteiger partial charge on any atom is -0.352 e. The number of hydrogen-bond acceptors (Lipinski definition) is 2. The third-order valence-electron chi connectivity index (χ3n) is 1.65. The second-order valence-electron chi connectivity index (χ2n) is 4.33. The molecule has 1 fully saturated rings. The first-order valence-electron chi connectivity index (χ1n) is 4.27. The minimum atomic E-state index is -0.0747. The lowest BCUT2D eigenvalue weighted by Gasteiger charge is -2.23. The Bertz CT molecular complexity index is 126. The van der Waals surface area contributed by atoms with Gasteiger partial charge in [0.05, 0.1) is 12.2 Å². The quantitative estimate of drug-likeness (QED) is 0.582. The van der Waals surface area contributed by atoms with Crippen molar-refractivity contribution in [3.63, 3.8) is 0 Å². The molecule has 2 nitrogen and oxygen atoms in total. The first-order valence-corrected chi connectivity index (χ1v) is 4.27. The van der Waals surface area contributed by atoms with Gasteiger partial charge in [0, 0.05) is 6.42 Å². The van der Waals surface area contributed by atoms with E-state index in [0.717, 1.165) is 13.0 Å². The van der Waals surface area contributed by atoms with Gasteiger partial charge in [-0.25, -0.2) is 0 Å². The van der Waals surface area contributed by atoms with Crippen LogP contribution in [0.1, 0.15) is 34.1 Å². The van der Waals surface area contributed by atoms with E-state index < -0.39 is 0 Å². The van der Waals surface area contributed by atoms with Crippen LogP contribution in [-0.2, 0) is 9.47 Å². The minimum absolute atomic E-state index is 0.0324. The third-order valence-corrected chi connectivity index (χ3v) is 1.65. The van der Waals surface area contributed by atoms with Gasteiger partial charge in [-0.2, -0.15) is 0 Å². The lowest BCUT2D eigenvalue weighted by Crippen LogP contribution is -2.26. The molecular formula is C9H18O2.